The molecule has 96 valence electrons. The number of benzene rings is 1. The predicted molar refractivity (Wildman–Crippen MR) is 83.1 cm³/mol. The highest BCUT2D eigenvalue weighted by Crippen LogP contribution is 2.35. The number of guanidine groups is 1. The SMILES string of the molecule is I.NC(N)=NCCOc1c(Cl)cc(Cl)cc1Cl. The first-order valence-corrected chi connectivity index (χ1v) is 5.47. The lowest BCUT2D eigenvalue weighted by molar-refractivity contribution is 0.329. The van der Waals surface area contributed by atoms with Crippen molar-refractivity contribution >= 4 is 64.7 Å². The fourth-order valence-corrected chi connectivity index (χ4v) is 1.92. The maximum Gasteiger partial charge on any atom is 0.186 e. The summed E-state index contributed by atoms with van der Waals surface area (Å²) in [4.78, 5) is 3.75. The van der Waals surface area contributed by atoms with Crippen LogP contribution in [0, 0.1) is 0 Å². The molecule has 0 amide bonds. The van der Waals surface area contributed by atoms with E-state index in [4.69, 9.17) is 51.0 Å². The first-order chi connectivity index (χ1) is 7.50. The summed E-state index contributed by atoms with van der Waals surface area (Å²) in [7, 11) is 0. The maximum absolute atomic E-state index is 5.90. The number of nitrogens with zero attached hydrogens (tertiary/aromatic N) is 1. The lowest BCUT2D eigenvalue weighted by Crippen LogP contribution is -2.23. The average Bonchev–Trinajstić information content (AvgIpc) is 2.14. The molecule has 0 radical (unpaired) electrons. The van der Waals surface area contributed by atoms with Gasteiger partial charge in [0.25, 0.3) is 0 Å². The normalized spacial score (nSPS) is 9.35. The zero-order valence-corrected chi connectivity index (χ0v) is 13.2. The molecule has 17 heavy (non-hydrogen) atoms. The molecule has 0 aromatic heterocycles. The van der Waals surface area contributed by atoms with E-state index >= 15 is 0 Å². The van der Waals surface area contributed by atoms with Crippen LogP contribution in [-0.2, 0) is 0 Å². The Morgan fingerprint density at radius 2 is 1.71 bits per heavy atom. The first kappa shape index (κ1) is 16.9. The van der Waals surface area contributed by atoms with Gasteiger partial charge in [-0.25, -0.2) is 0 Å². The fourth-order valence-electron chi connectivity index (χ4n) is 0.989. The third kappa shape index (κ3) is 5.85. The van der Waals surface area contributed by atoms with E-state index in [1.807, 2.05) is 0 Å². The summed E-state index contributed by atoms with van der Waals surface area (Å²) in [6, 6.07) is 3.09. The number of nitrogens with two attached hydrogens (primary N) is 2. The van der Waals surface area contributed by atoms with Gasteiger partial charge in [0.15, 0.2) is 11.7 Å². The van der Waals surface area contributed by atoms with Crippen LogP contribution >= 0.6 is 58.8 Å². The van der Waals surface area contributed by atoms with Gasteiger partial charge in [-0.2, -0.15) is 0 Å². The fraction of sp³-hybridized carbons (Fsp3) is 0.222. The minimum Gasteiger partial charge on any atom is -0.489 e. The second-order valence-electron chi connectivity index (χ2n) is 2.85. The van der Waals surface area contributed by atoms with Gasteiger partial charge in [0.05, 0.1) is 16.6 Å². The van der Waals surface area contributed by atoms with Gasteiger partial charge < -0.3 is 16.2 Å². The van der Waals surface area contributed by atoms with Crippen LogP contribution in [0.4, 0.5) is 0 Å². The molecule has 0 unspecified atom stereocenters. The molecule has 1 aromatic rings. The van der Waals surface area contributed by atoms with Crippen molar-refractivity contribution in [3.05, 3.63) is 27.2 Å². The Morgan fingerprint density at radius 3 is 2.18 bits per heavy atom. The summed E-state index contributed by atoms with van der Waals surface area (Å²) in [6.45, 7) is 0.608. The molecule has 0 heterocycles. The van der Waals surface area contributed by atoms with E-state index in [-0.39, 0.29) is 36.5 Å². The van der Waals surface area contributed by atoms with Crippen molar-refractivity contribution < 1.29 is 4.74 Å². The Kier molecular flexibility index (Phi) is 8.02. The molecule has 0 spiro atoms. The van der Waals surface area contributed by atoms with E-state index in [0.717, 1.165) is 0 Å². The number of halogens is 4. The molecule has 4 nitrogen and oxygen atoms in total. The van der Waals surface area contributed by atoms with Crippen LogP contribution in [0.25, 0.3) is 0 Å². The highest BCUT2D eigenvalue weighted by Gasteiger charge is 2.08. The van der Waals surface area contributed by atoms with Gasteiger partial charge in [0.1, 0.15) is 6.61 Å². The third-order valence-corrected chi connectivity index (χ3v) is 2.37. The number of aliphatic imine (C=N–C) groups is 1. The van der Waals surface area contributed by atoms with E-state index in [0.29, 0.717) is 27.4 Å². The van der Waals surface area contributed by atoms with Crippen molar-refractivity contribution in [2.75, 3.05) is 13.2 Å². The first-order valence-electron chi connectivity index (χ1n) is 4.33. The third-order valence-electron chi connectivity index (χ3n) is 1.60. The molecule has 0 fully saturated rings. The Morgan fingerprint density at radius 1 is 1.18 bits per heavy atom. The molecule has 8 heteroatoms. The lowest BCUT2D eigenvalue weighted by Gasteiger charge is -2.09. The van der Waals surface area contributed by atoms with E-state index in [9.17, 15) is 0 Å². The molecule has 0 bridgehead atoms. The molecule has 0 aliphatic rings. The average molecular weight is 410 g/mol. The van der Waals surface area contributed by atoms with Gasteiger partial charge in [-0.15, -0.1) is 24.0 Å². The largest absolute Gasteiger partial charge is 0.489 e. The maximum atomic E-state index is 5.90. The van der Waals surface area contributed by atoms with E-state index in [1.165, 1.54) is 0 Å². The van der Waals surface area contributed by atoms with Crippen LogP contribution in [0.3, 0.4) is 0 Å². The molecule has 4 N–H and O–H groups in total. The molecule has 0 atom stereocenters. The molecule has 0 aliphatic heterocycles. The summed E-state index contributed by atoms with van der Waals surface area (Å²) in [6.07, 6.45) is 0. The minimum absolute atomic E-state index is 0. The Bertz CT molecular complexity index is 387. The minimum atomic E-state index is 0. The van der Waals surface area contributed by atoms with Gasteiger partial charge in [0, 0.05) is 5.02 Å². The van der Waals surface area contributed by atoms with Crippen LogP contribution in [0.15, 0.2) is 17.1 Å². The quantitative estimate of drug-likeness (QED) is 0.347. The van der Waals surface area contributed by atoms with Crippen LogP contribution < -0.4 is 16.2 Å². The van der Waals surface area contributed by atoms with Crippen molar-refractivity contribution in [2.24, 2.45) is 16.5 Å². The number of ether oxygens (including phenoxy) is 1. The molecular formula is C9H11Cl3IN3O. The van der Waals surface area contributed by atoms with Crippen LogP contribution in [0.5, 0.6) is 5.75 Å². The number of hydrogen-bond acceptors (Lipinski definition) is 2. The molecular weight excluding hydrogens is 399 g/mol. The molecule has 1 rings (SSSR count). The van der Waals surface area contributed by atoms with Crippen molar-refractivity contribution in [2.45, 2.75) is 0 Å². The van der Waals surface area contributed by atoms with E-state index in [2.05, 4.69) is 4.99 Å². The summed E-state index contributed by atoms with van der Waals surface area (Å²) < 4.78 is 5.33. The summed E-state index contributed by atoms with van der Waals surface area (Å²) in [5.41, 5.74) is 10.3. The van der Waals surface area contributed by atoms with Crippen molar-refractivity contribution in [3.63, 3.8) is 0 Å². The highest BCUT2D eigenvalue weighted by molar-refractivity contribution is 14.0. The van der Waals surface area contributed by atoms with Crippen molar-refractivity contribution in [1.29, 1.82) is 0 Å². The number of rotatable bonds is 4. The molecule has 0 saturated heterocycles. The molecule has 0 saturated carbocycles. The van der Waals surface area contributed by atoms with E-state index < -0.39 is 0 Å². The van der Waals surface area contributed by atoms with Crippen LogP contribution in [0.1, 0.15) is 0 Å². The van der Waals surface area contributed by atoms with Gasteiger partial charge in [-0.05, 0) is 12.1 Å². The van der Waals surface area contributed by atoms with Crippen molar-refractivity contribution in [3.8, 4) is 5.75 Å². The lowest BCUT2D eigenvalue weighted by atomic mass is 10.3. The molecule has 1 aromatic carbocycles. The standard InChI is InChI=1S/C9H10Cl3N3O.HI/c10-5-3-6(11)8(7(12)4-5)16-2-1-15-9(13)14;/h3-4H,1-2H2,(H4,13,14,15);1H. The Hall–Kier alpha value is -0.110. The van der Waals surface area contributed by atoms with Gasteiger partial charge in [0.2, 0.25) is 0 Å². The highest BCUT2D eigenvalue weighted by atomic mass is 127. The van der Waals surface area contributed by atoms with Crippen LogP contribution in [0.2, 0.25) is 15.1 Å². The zero-order chi connectivity index (χ0) is 12.1. The Balaban J connectivity index is 0.00000256. The molecule has 0 aliphatic carbocycles. The summed E-state index contributed by atoms with van der Waals surface area (Å²) in [5, 5.41) is 1.15. The van der Waals surface area contributed by atoms with Crippen LogP contribution in [-0.4, -0.2) is 19.1 Å². The van der Waals surface area contributed by atoms with Gasteiger partial charge >= 0.3 is 0 Å². The van der Waals surface area contributed by atoms with E-state index in [1.54, 1.807) is 12.1 Å². The Labute approximate surface area is 131 Å². The monoisotopic (exact) mass is 409 g/mol. The zero-order valence-electron chi connectivity index (χ0n) is 8.62. The summed E-state index contributed by atoms with van der Waals surface area (Å²) in [5.74, 6) is 0.385. The topological polar surface area (TPSA) is 73.6 Å². The summed E-state index contributed by atoms with van der Waals surface area (Å²) >= 11 is 17.5. The second kappa shape index (κ2) is 8.07. The van der Waals surface area contributed by atoms with Gasteiger partial charge in [-0.3, -0.25) is 4.99 Å². The second-order valence-corrected chi connectivity index (χ2v) is 4.10. The van der Waals surface area contributed by atoms with Gasteiger partial charge in [-0.1, -0.05) is 34.8 Å². The number of hydrogen-bond donors (Lipinski definition) is 2. The predicted octanol–water partition coefficient (Wildman–Crippen LogP) is 2.92. The van der Waals surface area contributed by atoms with Crippen molar-refractivity contribution in [1.82, 2.24) is 0 Å². The smallest absolute Gasteiger partial charge is 0.186 e.